The number of nitrogens with zero attached hydrogens (tertiary/aromatic N) is 4. The van der Waals surface area contributed by atoms with Crippen molar-refractivity contribution in [2.75, 3.05) is 37.0 Å². The highest BCUT2D eigenvalue weighted by molar-refractivity contribution is 7.99. The molecule has 1 aliphatic heterocycles. The van der Waals surface area contributed by atoms with Gasteiger partial charge in [-0.05, 0) is 6.92 Å². The number of rotatable bonds is 5. The van der Waals surface area contributed by atoms with Gasteiger partial charge in [0.1, 0.15) is 0 Å². The number of hydrogen-bond acceptors (Lipinski definition) is 6. The summed E-state index contributed by atoms with van der Waals surface area (Å²) in [6.07, 6.45) is 0. The third-order valence-corrected chi connectivity index (χ3v) is 4.83. The first kappa shape index (κ1) is 16.0. The Morgan fingerprint density at radius 2 is 1.91 bits per heavy atom. The molecule has 6 nitrogen and oxygen atoms in total. The number of hydrogen-bond donors (Lipinski definition) is 0. The van der Waals surface area contributed by atoms with E-state index in [2.05, 4.69) is 15.1 Å². The van der Waals surface area contributed by atoms with Crippen molar-refractivity contribution in [1.29, 1.82) is 0 Å². The molecular formula is C16H20N4O2S. The molecule has 23 heavy (non-hydrogen) atoms. The highest BCUT2D eigenvalue weighted by atomic mass is 32.2. The molecule has 1 aromatic heterocycles. The first-order chi connectivity index (χ1) is 11.1. The van der Waals surface area contributed by atoms with Gasteiger partial charge in [-0.1, -0.05) is 41.6 Å². The zero-order valence-electron chi connectivity index (χ0n) is 13.4. The molecular weight excluding hydrogens is 312 g/mol. The van der Waals surface area contributed by atoms with Crippen LogP contribution in [0.25, 0.3) is 0 Å². The Morgan fingerprint density at radius 3 is 2.61 bits per heavy atom. The second-order valence-corrected chi connectivity index (χ2v) is 6.46. The highest BCUT2D eigenvalue weighted by Gasteiger charge is 2.19. The van der Waals surface area contributed by atoms with Crippen molar-refractivity contribution in [3.8, 4) is 0 Å². The first-order valence-corrected chi connectivity index (χ1v) is 8.58. The summed E-state index contributed by atoms with van der Waals surface area (Å²) in [7, 11) is 1.93. The van der Waals surface area contributed by atoms with Crippen LogP contribution in [-0.4, -0.2) is 52.6 Å². The maximum absolute atomic E-state index is 12.2. The molecule has 2 heterocycles. The van der Waals surface area contributed by atoms with Gasteiger partial charge in [-0.2, -0.15) is 0 Å². The van der Waals surface area contributed by atoms with Gasteiger partial charge in [0, 0.05) is 25.7 Å². The van der Waals surface area contributed by atoms with Crippen molar-refractivity contribution in [2.45, 2.75) is 12.1 Å². The van der Waals surface area contributed by atoms with Crippen LogP contribution in [0.3, 0.4) is 0 Å². The Balaban J connectivity index is 1.63. The number of Topliss-reactive ketones (excluding diaryl/α,β-unsaturated/α-hetero) is 1. The maximum atomic E-state index is 12.2. The van der Waals surface area contributed by atoms with Crippen LogP contribution in [0.4, 0.5) is 5.95 Å². The van der Waals surface area contributed by atoms with E-state index in [9.17, 15) is 4.79 Å². The third-order valence-electron chi connectivity index (χ3n) is 3.81. The summed E-state index contributed by atoms with van der Waals surface area (Å²) >= 11 is 1.42. The van der Waals surface area contributed by atoms with Crippen molar-refractivity contribution < 1.29 is 9.53 Å². The Labute approximate surface area is 139 Å². The average molecular weight is 332 g/mol. The molecule has 0 unspecified atom stereocenters. The number of benzene rings is 1. The lowest BCUT2D eigenvalue weighted by Crippen LogP contribution is -2.37. The van der Waals surface area contributed by atoms with Gasteiger partial charge in [-0.3, -0.25) is 9.36 Å². The molecule has 1 fully saturated rings. The minimum Gasteiger partial charge on any atom is -0.378 e. The Kier molecular flexibility index (Phi) is 4.97. The minimum atomic E-state index is 0.103. The number of carbonyl (C=O) groups is 1. The summed E-state index contributed by atoms with van der Waals surface area (Å²) < 4.78 is 7.30. The second kappa shape index (κ2) is 7.14. The molecule has 0 bridgehead atoms. The molecule has 0 amide bonds. The summed E-state index contributed by atoms with van der Waals surface area (Å²) in [5.41, 5.74) is 1.89. The molecule has 0 radical (unpaired) electrons. The van der Waals surface area contributed by atoms with E-state index in [4.69, 9.17) is 4.74 Å². The van der Waals surface area contributed by atoms with Crippen LogP contribution >= 0.6 is 11.8 Å². The van der Waals surface area contributed by atoms with E-state index in [1.807, 2.05) is 42.8 Å². The summed E-state index contributed by atoms with van der Waals surface area (Å²) in [6, 6.07) is 7.65. The summed E-state index contributed by atoms with van der Waals surface area (Å²) in [5.74, 6) is 1.29. The molecule has 1 aromatic carbocycles. The number of anilines is 1. The van der Waals surface area contributed by atoms with Gasteiger partial charge in [0.05, 0.1) is 19.0 Å². The van der Waals surface area contributed by atoms with Crippen LogP contribution in [0.2, 0.25) is 0 Å². The van der Waals surface area contributed by atoms with E-state index in [0.717, 1.165) is 35.3 Å². The zero-order valence-corrected chi connectivity index (χ0v) is 14.2. The number of aryl methyl sites for hydroxylation is 1. The minimum absolute atomic E-state index is 0.103. The Morgan fingerprint density at radius 1 is 1.22 bits per heavy atom. The van der Waals surface area contributed by atoms with E-state index in [0.29, 0.717) is 19.0 Å². The second-order valence-electron chi connectivity index (χ2n) is 5.52. The van der Waals surface area contributed by atoms with Gasteiger partial charge >= 0.3 is 0 Å². The number of carbonyl (C=O) groups excluding carboxylic acids is 1. The summed E-state index contributed by atoms with van der Waals surface area (Å²) in [5, 5.41) is 9.22. The van der Waals surface area contributed by atoms with Gasteiger partial charge in [-0.15, -0.1) is 10.2 Å². The van der Waals surface area contributed by atoms with Crippen LogP contribution < -0.4 is 4.90 Å². The monoisotopic (exact) mass is 332 g/mol. The summed E-state index contributed by atoms with van der Waals surface area (Å²) in [6.45, 7) is 5.07. The summed E-state index contributed by atoms with van der Waals surface area (Å²) in [4.78, 5) is 14.4. The molecule has 0 N–H and O–H groups in total. The normalized spacial score (nSPS) is 15.0. The van der Waals surface area contributed by atoms with Crippen molar-refractivity contribution >= 4 is 23.5 Å². The van der Waals surface area contributed by atoms with Gasteiger partial charge < -0.3 is 9.64 Å². The molecule has 122 valence electrons. The van der Waals surface area contributed by atoms with Crippen molar-refractivity contribution in [3.63, 3.8) is 0 Å². The zero-order chi connectivity index (χ0) is 16.2. The maximum Gasteiger partial charge on any atom is 0.227 e. The van der Waals surface area contributed by atoms with E-state index < -0.39 is 0 Å². The molecule has 0 saturated carbocycles. The van der Waals surface area contributed by atoms with E-state index in [1.54, 1.807) is 0 Å². The SMILES string of the molecule is Cc1ccc(C(=O)CSc2nnc(N3CCOCC3)n2C)cc1. The lowest BCUT2D eigenvalue weighted by molar-refractivity contribution is 0.102. The molecule has 1 aliphatic rings. The molecule has 7 heteroatoms. The topological polar surface area (TPSA) is 60.3 Å². The predicted molar refractivity (Wildman–Crippen MR) is 90.3 cm³/mol. The van der Waals surface area contributed by atoms with Crippen LogP contribution in [0, 0.1) is 6.92 Å². The molecule has 2 aromatic rings. The molecule has 0 aliphatic carbocycles. The van der Waals surface area contributed by atoms with Gasteiger partial charge in [-0.25, -0.2) is 0 Å². The Bertz CT molecular complexity index is 678. The van der Waals surface area contributed by atoms with Crippen molar-refractivity contribution in [1.82, 2.24) is 14.8 Å². The molecule has 1 saturated heterocycles. The van der Waals surface area contributed by atoms with Gasteiger partial charge in [0.15, 0.2) is 10.9 Å². The fourth-order valence-electron chi connectivity index (χ4n) is 2.42. The molecule has 0 atom stereocenters. The van der Waals surface area contributed by atoms with Crippen LogP contribution in [-0.2, 0) is 11.8 Å². The Hall–Kier alpha value is -1.86. The lowest BCUT2D eigenvalue weighted by atomic mass is 10.1. The fourth-order valence-corrected chi connectivity index (χ4v) is 3.23. The predicted octanol–water partition coefficient (Wildman–Crippen LogP) is 1.94. The smallest absolute Gasteiger partial charge is 0.227 e. The van der Waals surface area contributed by atoms with Crippen LogP contribution in [0.5, 0.6) is 0 Å². The number of ketones is 1. The van der Waals surface area contributed by atoms with E-state index in [-0.39, 0.29) is 5.78 Å². The fraction of sp³-hybridized carbons (Fsp3) is 0.438. The van der Waals surface area contributed by atoms with Gasteiger partial charge in [0.25, 0.3) is 0 Å². The largest absolute Gasteiger partial charge is 0.378 e. The average Bonchev–Trinajstić information content (AvgIpc) is 2.95. The van der Waals surface area contributed by atoms with Crippen LogP contribution in [0.15, 0.2) is 29.4 Å². The number of morpholine rings is 1. The third kappa shape index (κ3) is 3.73. The van der Waals surface area contributed by atoms with E-state index >= 15 is 0 Å². The highest BCUT2D eigenvalue weighted by Crippen LogP contribution is 2.22. The number of thioether (sulfide) groups is 1. The number of aromatic nitrogens is 3. The van der Waals surface area contributed by atoms with Crippen molar-refractivity contribution in [3.05, 3.63) is 35.4 Å². The quantitative estimate of drug-likeness (QED) is 0.616. The number of ether oxygens (including phenoxy) is 1. The standard InChI is InChI=1S/C16H20N4O2S/c1-12-3-5-13(6-4-12)14(21)11-23-16-18-17-15(19(16)2)20-7-9-22-10-8-20/h3-6H,7-11H2,1-2H3. The lowest BCUT2D eigenvalue weighted by Gasteiger charge is -2.27. The first-order valence-electron chi connectivity index (χ1n) is 7.60. The van der Waals surface area contributed by atoms with Crippen LogP contribution in [0.1, 0.15) is 15.9 Å². The molecule has 3 rings (SSSR count). The van der Waals surface area contributed by atoms with Crippen molar-refractivity contribution in [2.24, 2.45) is 7.05 Å². The van der Waals surface area contributed by atoms with Gasteiger partial charge in [0.2, 0.25) is 5.95 Å². The van der Waals surface area contributed by atoms with E-state index in [1.165, 1.54) is 11.8 Å². The molecule has 0 spiro atoms.